The van der Waals surface area contributed by atoms with Crippen molar-refractivity contribution in [3.63, 3.8) is 0 Å². The van der Waals surface area contributed by atoms with E-state index in [2.05, 4.69) is 20.9 Å². The van der Waals surface area contributed by atoms with Gasteiger partial charge in [0.15, 0.2) is 16.3 Å². The van der Waals surface area contributed by atoms with E-state index in [4.69, 9.17) is 0 Å². The molecule has 124 valence electrons. The highest BCUT2D eigenvalue weighted by Gasteiger charge is 2.20. The standard InChI is InChI=1S/C15H13BrN4O3S/c1-18-10-11(19(2)15(23)20(3)12(10)21)17-14(18)24-13(22)8-6-4-5-7-9(8)16/h4-7H,1-3H3. The topological polar surface area (TPSA) is 78.9 Å². The van der Waals surface area contributed by atoms with Crippen LogP contribution < -0.4 is 11.2 Å². The number of aryl methyl sites for hydroxylation is 2. The number of thioether (sulfide) groups is 1. The van der Waals surface area contributed by atoms with E-state index in [9.17, 15) is 14.4 Å². The third-order valence-corrected chi connectivity index (χ3v) is 5.36. The third kappa shape index (κ3) is 2.53. The highest BCUT2D eigenvalue weighted by Crippen LogP contribution is 2.27. The molecule has 24 heavy (non-hydrogen) atoms. The Morgan fingerprint density at radius 1 is 1.08 bits per heavy atom. The largest absolute Gasteiger partial charge is 0.332 e. The van der Waals surface area contributed by atoms with Gasteiger partial charge in [-0.1, -0.05) is 28.1 Å². The van der Waals surface area contributed by atoms with Crippen LogP contribution in [0.5, 0.6) is 0 Å². The van der Waals surface area contributed by atoms with E-state index >= 15 is 0 Å². The van der Waals surface area contributed by atoms with Crippen LogP contribution in [-0.2, 0) is 21.1 Å². The Balaban J connectivity index is 2.14. The normalized spacial score (nSPS) is 11.2. The molecule has 0 unspecified atom stereocenters. The summed E-state index contributed by atoms with van der Waals surface area (Å²) in [6, 6.07) is 7.08. The lowest BCUT2D eigenvalue weighted by atomic mass is 10.2. The zero-order valence-electron chi connectivity index (χ0n) is 13.1. The van der Waals surface area contributed by atoms with E-state index < -0.39 is 11.2 Å². The van der Waals surface area contributed by atoms with Crippen molar-refractivity contribution in [1.82, 2.24) is 18.7 Å². The smallest absolute Gasteiger partial charge is 0.316 e. The van der Waals surface area contributed by atoms with Gasteiger partial charge in [-0.3, -0.25) is 18.7 Å². The summed E-state index contributed by atoms with van der Waals surface area (Å²) in [5.74, 6) is 0. The van der Waals surface area contributed by atoms with E-state index in [1.54, 1.807) is 32.3 Å². The Bertz CT molecular complexity index is 1100. The number of benzene rings is 1. The molecule has 0 radical (unpaired) electrons. The lowest BCUT2D eigenvalue weighted by molar-refractivity contribution is 0.108. The predicted octanol–water partition coefficient (Wildman–Crippen LogP) is 1.67. The number of carbonyl (C=O) groups excluding carboxylic acids is 1. The highest BCUT2D eigenvalue weighted by atomic mass is 79.9. The summed E-state index contributed by atoms with van der Waals surface area (Å²) in [4.78, 5) is 41.1. The van der Waals surface area contributed by atoms with Gasteiger partial charge < -0.3 is 4.57 Å². The minimum absolute atomic E-state index is 0.206. The van der Waals surface area contributed by atoms with Crippen LogP contribution in [0.2, 0.25) is 0 Å². The Hall–Kier alpha value is -2.13. The molecule has 0 spiro atoms. The molecule has 3 rings (SSSR count). The summed E-state index contributed by atoms with van der Waals surface area (Å²) in [5.41, 5.74) is 0.147. The molecule has 0 amide bonds. The van der Waals surface area contributed by atoms with Gasteiger partial charge >= 0.3 is 5.69 Å². The quantitative estimate of drug-likeness (QED) is 0.602. The fourth-order valence-electron chi connectivity index (χ4n) is 2.35. The average molecular weight is 409 g/mol. The predicted molar refractivity (Wildman–Crippen MR) is 95.5 cm³/mol. The van der Waals surface area contributed by atoms with Gasteiger partial charge in [-0.25, -0.2) is 9.78 Å². The van der Waals surface area contributed by atoms with Crippen LogP contribution >= 0.6 is 27.7 Å². The number of halogens is 1. The molecule has 2 aromatic heterocycles. The number of hydrogen-bond acceptors (Lipinski definition) is 5. The maximum atomic E-state index is 12.5. The van der Waals surface area contributed by atoms with Gasteiger partial charge in [0.05, 0.1) is 0 Å². The number of hydrogen-bond donors (Lipinski definition) is 0. The highest BCUT2D eigenvalue weighted by molar-refractivity contribution is 9.10. The van der Waals surface area contributed by atoms with Crippen molar-refractivity contribution in [2.24, 2.45) is 21.1 Å². The lowest BCUT2D eigenvalue weighted by Gasteiger charge is -2.04. The van der Waals surface area contributed by atoms with Crippen LogP contribution in [-0.4, -0.2) is 23.8 Å². The molecule has 0 aliphatic carbocycles. The summed E-state index contributed by atoms with van der Waals surface area (Å²) >= 11 is 4.26. The molecule has 0 aliphatic heterocycles. The molecule has 1 aromatic carbocycles. The maximum Gasteiger partial charge on any atom is 0.332 e. The summed E-state index contributed by atoms with van der Waals surface area (Å²) in [6.45, 7) is 0. The van der Waals surface area contributed by atoms with Gasteiger partial charge in [-0.15, -0.1) is 0 Å². The number of rotatable bonds is 2. The second-order valence-electron chi connectivity index (χ2n) is 5.20. The van der Waals surface area contributed by atoms with Gasteiger partial charge in [0.1, 0.15) is 0 Å². The third-order valence-electron chi connectivity index (χ3n) is 3.71. The van der Waals surface area contributed by atoms with Crippen LogP contribution in [0, 0.1) is 0 Å². The first-order chi connectivity index (χ1) is 11.3. The SMILES string of the molecule is Cn1c(=O)c2c(nc(SC(=O)c3ccccc3Br)n2C)n(C)c1=O. The molecule has 2 heterocycles. The van der Waals surface area contributed by atoms with Crippen molar-refractivity contribution in [2.75, 3.05) is 0 Å². The van der Waals surface area contributed by atoms with E-state index in [-0.39, 0.29) is 16.3 Å². The number of imidazole rings is 1. The molecule has 0 aliphatic rings. The number of aromatic nitrogens is 4. The molecule has 3 aromatic rings. The van der Waals surface area contributed by atoms with Crippen molar-refractivity contribution in [3.8, 4) is 0 Å². The van der Waals surface area contributed by atoms with Crippen LogP contribution in [0.25, 0.3) is 11.2 Å². The van der Waals surface area contributed by atoms with E-state index in [1.807, 2.05) is 6.07 Å². The van der Waals surface area contributed by atoms with Gasteiger partial charge in [0, 0.05) is 31.2 Å². The molecule has 0 saturated heterocycles. The Morgan fingerprint density at radius 2 is 1.75 bits per heavy atom. The van der Waals surface area contributed by atoms with Crippen LogP contribution in [0.4, 0.5) is 0 Å². The minimum Gasteiger partial charge on any atom is -0.316 e. The Labute approximate surface area is 149 Å². The number of carbonyl (C=O) groups is 1. The Kier molecular flexibility index (Phi) is 4.22. The first-order valence-corrected chi connectivity index (χ1v) is 8.53. The first kappa shape index (κ1) is 16.7. The molecule has 7 nitrogen and oxygen atoms in total. The molecular formula is C15H13BrN4O3S. The minimum atomic E-state index is -0.459. The van der Waals surface area contributed by atoms with Crippen molar-refractivity contribution < 1.29 is 4.79 Å². The fourth-order valence-corrected chi connectivity index (χ4v) is 3.76. The van der Waals surface area contributed by atoms with Crippen molar-refractivity contribution >= 4 is 44.0 Å². The summed E-state index contributed by atoms with van der Waals surface area (Å²) < 4.78 is 4.54. The molecule has 0 atom stereocenters. The van der Waals surface area contributed by atoms with E-state index in [1.165, 1.54) is 16.2 Å². The van der Waals surface area contributed by atoms with Gasteiger partial charge in [0.25, 0.3) is 5.56 Å². The molecule has 0 saturated carbocycles. The summed E-state index contributed by atoms with van der Waals surface area (Å²) in [5, 5.41) is 0.145. The van der Waals surface area contributed by atoms with Gasteiger partial charge in [-0.2, -0.15) is 0 Å². The van der Waals surface area contributed by atoms with Crippen molar-refractivity contribution in [1.29, 1.82) is 0 Å². The molecular weight excluding hydrogens is 396 g/mol. The second kappa shape index (κ2) is 6.06. The number of fused-ring (bicyclic) bond motifs is 1. The molecule has 9 heteroatoms. The second-order valence-corrected chi connectivity index (χ2v) is 7.00. The zero-order valence-corrected chi connectivity index (χ0v) is 15.5. The maximum absolute atomic E-state index is 12.5. The molecule has 0 fully saturated rings. The van der Waals surface area contributed by atoms with Crippen LogP contribution in [0.3, 0.4) is 0 Å². The number of nitrogens with zero attached hydrogens (tertiary/aromatic N) is 4. The molecule has 0 bridgehead atoms. The monoisotopic (exact) mass is 408 g/mol. The van der Waals surface area contributed by atoms with Crippen LogP contribution in [0.15, 0.2) is 43.5 Å². The van der Waals surface area contributed by atoms with Crippen LogP contribution in [0.1, 0.15) is 10.4 Å². The fraction of sp³-hybridized carbons (Fsp3) is 0.200. The summed E-state index contributed by atoms with van der Waals surface area (Å²) in [7, 11) is 4.61. The lowest BCUT2D eigenvalue weighted by Crippen LogP contribution is -2.37. The van der Waals surface area contributed by atoms with Crippen molar-refractivity contribution in [3.05, 3.63) is 55.1 Å². The molecule has 0 N–H and O–H groups in total. The van der Waals surface area contributed by atoms with Gasteiger partial charge in [0.2, 0.25) is 5.12 Å². The Morgan fingerprint density at radius 3 is 2.42 bits per heavy atom. The van der Waals surface area contributed by atoms with E-state index in [0.717, 1.165) is 16.3 Å². The van der Waals surface area contributed by atoms with Crippen molar-refractivity contribution in [2.45, 2.75) is 5.16 Å². The summed E-state index contributed by atoms with van der Waals surface area (Å²) in [6.07, 6.45) is 0. The van der Waals surface area contributed by atoms with E-state index in [0.29, 0.717) is 15.2 Å². The van der Waals surface area contributed by atoms with Gasteiger partial charge in [-0.05, 0) is 23.9 Å². The zero-order chi connectivity index (χ0) is 17.6. The first-order valence-electron chi connectivity index (χ1n) is 6.92. The average Bonchev–Trinajstić information content (AvgIpc) is 2.88.